The van der Waals surface area contributed by atoms with Crippen LogP contribution in [0.25, 0.3) is 0 Å². The standard InChI is InChI=1S/C14H18N4O/c1-3-6-15-13-5-4-10(2)7-12(13)14(19)18-11-8-16-17-9-11/h4-5,7-9,15H,3,6H2,1-2H3,(H,16,17)(H,18,19). The molecule has 5 heteroatoms. The molecule has 5 nitrogen and oxygen atoms in total. The molecule has 0 aliphatic heterocycles. The first-order valence-electron chi connectivity index (χ1n) is 6.35. The largest absolute Gasteiger partial charge is 0.384 e. The van der Waals surface area contributed by atoms with Crippen LogP contribution in [0.3, 0.4) is 0 Å². The van der Waals surface area contributed by atoms with Crippen LogP contribution in [0.2, 0.25) is 0 Å². The van der Waals surface area contributed by atoms with Crippen molar-refractivity contribution in [2.24, 2.45) is 0 Å². The molecule has 0 unspecified atom stereocenters. The van der Waals surface area contributed by atoms with Crippen LogP contribution in [0.1, 0.15) is 29.3 Å². The molecule has 0 saturated carbocycles. The molecule has 0 spiro atoms. The molecule has 0 saturated heterocycles. The van der Waals surface area contributed by atoms with Gasteiger partial charge in [-0.25, -0.2) is 0 Å². The van der Waals surface area contributed by atoms with E-state index in [0.717, 1.165) is 24.2 Å². The molecule has 0 aliphatic carbocycles. The van der Waals surface area contributed by atoms with E-state index in [9.17, 15) is 4.79 Å². The number of amides is 1. The van der Waals surface area contributed by atoms with Gasteiger partial charge in [-0.2, -0.15) is 5.10 Å². The molecule has 100 valence electrons. The van der Waals surface area contributed by atoms with E-state index in [1.54, 1.807) is 12.4 Å². The number of aromatic amines is 1. The molecule has 1 aromatic carbocycles. The Balaban J connectivity index is 2.21. The number of rotatable bonds is 5. The average Bonchev–Trinajstić information content (AvgIpc) is 2.90. The van der Waals surface area contributed by atoms with Gasteiger partial charge in [-0.15, -0.1) is 0 Å². The van der Waals surface area contributed by atoms with Gasteiger partial charge in [-0.1, -0.05) is 18.6 Å². The molecule has 3 N–H and O–H groups in total. The molecular weight excluding hydrogens is 240 g/mol. The Bertz CT molecular complexity index is 549. The molecule has 0 aliphatic rings. The number of anilines is 2. The predicted molar refractivity (Wildman–Crippen MR) is 76.5 cm³/mol. The molecule has 1 amide bonds. The number of carbonyl (C=O) groups excluding carboxylic acids is 1. The van der Waals surface area contributed by atoms with Crippen molar-refractivity contribution < 1.29 is 4.79 Å². The summed E-state index contributed by atoms with van der Waals surface area (Å²) in [5, 5.41) is 12.5. The topological polar surface area (TPSA) is 69.8 Å². The van der Waals surface area contributed by atoms with Crippen LogP contribution in [0.15, 0.2) is 30.6 Å². The van der Waals surface area contributed by atoms with Crippen LogP contribution < -0.4 is 10.6 Å². The van der Waals surface area contributed by atoms with Gasteiger partial charge in [0.2, 0.25) is 0 Å². The van der Waals surface area contributed by atoms with E-state index >= 15 is 0 Å². The summed E-state index contributed by atoms with van der Waals surface area (Å²) in [4.78, 5) is 12.3. The lowest BCUT2D eigenvalue weighted by Crippen LogP contribution is -2.15. The highest BCUT2D eigenvalue weighted by Crippen LogP contribution is 2.19. The molecule has 0 bridgehead atoms. The summed E-state index contributed by atoms with van der Waals surface area (Å²) >= 11 is 0. The zero-order valence-electron chi connectivity index (χ0n) is 11.2. The van der Waals surface area contributed by atoms with Gasteiger partial charge in [0.1, 0.15) is 0 Å². The maximum Gasteiger partial charge on any atom is 0.257 e. The van der Waals surface area contributed by atoms with Crippen LogP contribution in [0.5, 0.6) is 0 Å². The van der Waals surface area contributed by atoms with Crippen molar-refractivity contribution in [2.45, 2.75) is 20.3 Å². The first kappa shape index (κ1) is 13.1. The normalized spacial score (nSPS) is 10.2. The number of benzene rings is 1. The summed E-state index contributed by atoms with van der Waals surface area (Å²) in [6.07, 6.45) is 4.23. The molecular formula is C14H18N4O. The number of aryl methyl sites for hydroxylation is 1. The molecule has 1 aromatic heterocycles. The first-order chi connectivity index (χ1) is 9.20. The minimum Gasteiger partial charge on any atom is -0.384 e. The van der Waals surface area contributed by atoms with Gasteiger partial charge in [-0.05, 0) is 25.5 Å². The minimum absolute atomic E-state index is 0.135. The Morgan fingerprint density at radius 3 is 2.95 bits per heavy atom. The lowest BCUT2D eigenvalue weighted by atomic mass is 10.1. The molecule has 1 heterocycles. The highest BCUT2D eigenvalue weighted by Gasteiger charge is 2.12. The second kappa shape index (κ2) is 6.04. The van der Waals surface area contributed by atoms with E-state index in [-0.39, 0.29) is 5.91 Å². The fourth-order valence-corrected chi connectivity index (χ4v) is 1.78. The maximum atomic E-state index is 12.3. The number of nitrogens with zero attached hydrogens (tertiary/aromatic N) is 1. The van der Waals surface area contributed by atoms with Gasteiger partial charge >= 0.3 is 0 Å². The Kier molecular flexibility index (Phi) is 4.18. The van der Waals surface area contributed by atoms with Crippen molar-refractivity contribution in [1.29, 1.82) is 0 Å². The molecule has 0 radical (unpaired) electrons. The van der Waals surface area contributed by atoms with Crippen molar-refractivity contribution >= 4 is 17.3 Å². The fourth-order valence-electron chi connectivity index (χ4n) is 1.78. The number of nitrogens with one attached hydrogen (secondary N) is 3. The number of hydrogen-bond donors (Lipinski definition) is 3. The van der Waals surface area contributed by atoms with Crippen LogP contribution in [-0.2, 0) is 0 Å². The Morgan fingerprint density at radius 2 is 2.26 bits per heavy atom. The van der Waals surface area contributed by atoms with E-state index in [1.165, 1.54) is 0 Å². The van der Waals surface area contributed by atoms with Gasteiger partial charge in [-0.3, -0.25) is 9.89 Å². The van der Waals surface area contributed by atoms with Gasteiger partial charge < -0.3 is 10.6 Å². The van der Waals surface area contributed by atoms with Crippen molar-refractivity contribution in [3.05, 3.63) is 41.7 Å². The van der Waals surface area contributed by atoms with E-state index in [4.69, 9.17) is 0 Å². The third-order valence-corrected chi connectivity index (χ3v) is 2.74. The first-order valence-corrected chi connectivity index (χ1v) is 6.35. The van der Waals surface area contributed by atoms with Crippen LogP contribution in [0.4, 0.5) is 11.4 Å². The number of hydrogen-bond acceptors (Lipinski definition) is 3. The maximum absolute atomic E-state index is 12.3. The number of aromatic nitrogens is 2. The molecule has 2 rings (SSSR count). The number of H-pyrrole nitrogens is 1. The van der Waals surface area contributed by atoms with Crippen LogP contribution >= 0.6 is 0 Å². The van der Waals surface area contributed by atoms with Crippen molar-refractivity contribution in [3.8, 4) is 0 Å². The van der Waals surface area contributed by atoms with Gasteiger partial charge in [0.25, 0.3) is 5.91 Å². The lowest BCUT2D eigenvalue weighted by molar-refractivity contribution is 0.102. The van der Waals surface area contributed by atoms with Crippen molar-refractivity contribution in [2.75, 3.05) is 17.2 Å². The monoisotopic (exact) mass is 258 g/mol. The van der Waals surface area contributed by atoms with E-state index in [0.29, 0.717) is 11.3 Å². The zero-order chi connectivity index (χ0) is 13.7. The van der Waals surface area contributed by atoms with Gasteiger partial charge in [0.05, 0.1) is 17.4 Å². The summed E-state index contributed by atoms with van der Waals surface area (Å²) < 4.78 is 0. The summed E-state index contributed by atoms with van der Waals surface area (Å²) in [5.74, 6) is -0.135. The average molecular weight is 258 g/mol. The summed E-state index contributed by atoms with van der Waals surface area (Å²) in [5.41, 5.74) is 3.22. The van der Waals surface area contributed by atoms with Gasteiger partial charge in [0.15, 0.2) is 0 Å². The van der Waals surface area contributed by atoms with Crippen LogP contribution in [-0.4, -0.2) is 22.6 Å². The highest BCUT2D eigenvalue weighted by atomic mass is 16.1. The minimum atomic E-state index is -0.135. The molecule has 0 fully saturated rings. The highest BCUT2D eigenvalue weighted by molar-refractivity contribution is 6.08. The van der Waals surface area contributed by atoms with Crippen molar-refractivity contribution in [1.82, 2.24) is 10.2 Å². The quantitative estimate of drug-likeness (QED) is 0.772. The van der Waals surface area contributed by atoms with E-state index < -0.39 is 0 Å². The van der Waals surface area contributed by atoms with Crippen LogP contribution in [0, 0.1) is 6.92 Å². The second-order valence-corrected chi connectivity index (χ2v) is 4.42. The molecule has 0 atom stereocenters. The summed E-state index contributed by atoms with van der Waals surface area (Å²) in [7, 11) is 0. The van der Waals surface area contributed by atoms with Gasteiger partial charge in [0, 0.05) is 18.4 Å². The second-order valence-electron chi connectivity index (χ2n) is 4.42. The van der Waals surface area contributed by atoms with E-state index in [1.807, 2.05) is 25.1 Å². The smallest absolute Gasteiger partial charge is 0.257 e. The zero-order valence-corrected chi connectivity index (χ0v) is 11.2. The summed E-state index contributed by atoms with van der Waals surface area (Å²) in [6.45, 7) is 4.90. The Hall–Kier alpha value is -2.30. The van der Waals surface area contributed by atoms with Crippen molar-refractivity contribution in [3.63, 3.8) is 0 Å². The predicted octanol–water partition coefficient (Wildman–Crippen LogP) is 2.79. The van der Waals surface area contributed by atoms with E-state index in [2.05, 4.69) is 27.8 Å². The summed E-state index contributed by atoms with van der Waals surface area (Å²) in [6, 6.07) is 5.81. The number of carbonyl (C=O) groups is 1. The molecule has 2 aromatic rings. The Morgan fingerprint density at radius 1 is 1.42 bits per heavy atom. The third-order valence-electron chi connectivity index (χ3n) is 2.74. The Labute approximate surface area is 112 Å². The SMILES string of the molecule is CCCNc1ccc(C)cc1C(=O)Nc1cn[nH]c1. The lowest BCUT2D eigenvalue weighted by Gasteiger charge is -2.12. The molecule has 19 heavy (non-hydrogen) atoms. The fraction of sp³-hybridized carbons (Fsp3) is 0.286. The third kappa shape index (κ3) is 3.34.